The van der Waals surface area contributed by atoms with Crippen LogP contribution >= 0.6 is 11.6 Å². The van der Waals surface area contributed by atoms with Gasteiger partial charge >= 0.3 is 0 Å². The van der Waals surface area contributed by atoms with Gasteiger partial charge in [-0.25, -0.2) is 8.42 Å². The third kappa shape index (κ3) is 3.84. The normalized spacial score (nSPS) is 18.3. The largest absolute Gasteiger partial charge is 0.497 e. The van der Waals surface area contributed by atoms with Gasteiger partial charge in [0.15, 0.2) is 0 Å². The molecule has 0 N–H and O–H groups in total. The molecule has 0 bridgehead atoms. The Kier molecular flexibility index (Phi) is 5.50. The number of ether oxygens (including phenoxy) is 1. The second kappa shape index (κ2) is 7.90. The molecule has 0 saturated heterocycles. The van der Waals surface area contributed by atoms with E-state index < -0.39 is 9.84 Å². The standard InChI is InChI=1S/C22H24ClNO3S/c1-27-20-8-4-5-16(11-20)14-24(19-6-2-3-7-19)15-21-12-17-9-10-18(23)13-22(17)28(21,25)26/h4-5,8-13,19H,2-3,6-7,14-15H2,1H3. The predicted octanol–water partition coefficient (Wildman–Crippen LogP) is 4.92. The van der Waals surface area contributed by atoms with Crippen molar-refractivity contribution in [3.63, 3.8) is 0 Å². The summed E-state index contributed by atoms with van der Waals surface area (Å²) >= 11 is 6.03. The molecule has 2 aromatic rings. The fraction of sp³-hybridized carbons (Fsp3) is 0.364. The Morgan fingerprint density at radius 1 is 1.11 bits per heavy atom. The van der Waals surface area contributed by atoms with Crippen molar-refractivity contribution in [1.82, 2.24) is 4.90 Å². The fourth-order valence-electron chi connectivity index (χ4n) is 4.17. The van der Waals surface area contributed by atoms with Crippen LogP contribution in [0, 0.1) is 0 Å². The van der Waals surface area contributed by atoms with Crippen LogP contribution in [-0.2, 0) is 16.4 Å². The lowest BCUT2D eigenvalue weighted by atomic mass is 10.1. The SMILES string of the molecule is COc1cccc(CN(CC2=Cc3ccc(Cl)cc3S2(=O)=O)C2CCCC2)c1. The Labute approximate surface area is 171 Å². The van der Waals surface area contributed by atoms with Crippen LogP contribution in [0.5, 0.6) is 5.75 Å². The third-order valence-electron chi connectivity index (χ3n) is 5.65. The highest BCUT2D eigenvalue weighted by Crippen LogP contribution is 2.36. The van der Waals surface area contributed by atoms with Crippen LogP contribution in [0.25, 0.3) is 6.08 Å². The average molecular weight is 418 g/mol. The average Bonchev–Trinajstić information content (AvgIpc) is 3.29. The van der Waals surface area contributed by atoms with Crippen molar-refractivity contribution in [3.8, 4) is 5.75 Å². The monoisotopic (exact) mass is 417 g/mol. The Balaban J connectivity index is 1.61. The van der Waals surface area contributed by atoms with Crippen LogP contribution in [0.1, 0.15) is 36.8 Å². The van der Waals surface area contributed by atoms with E-state index in [1.54, 1.807) is 31.4 Å². The number of methoxy groups -OCH3 is 1. The molecule has 0 amide bonds. The zero-order chi connectivity index (χ0) is 19.7. The third-order valence-corrected chi connectivity index (χ3v) is 7.75. The van der Waals surface area contributed by atoms with E-state index in [0.29, 0.717) is 34.0 Å². The first-order chi connectivity index (χ1) is 13.5. The number of hydrogen-bond acceptors (Lipinski definition) is 4. The molecule has 0 spiro atoms. The van der Waals surface area contributed by atoms with E-state index in [4.69, 9.17) is 16.3 Å². The molecular formula is C22H24ClNO3S. The summed E-state index contributed by atoms with van der Waals surface area (Å²) in [5.74, 6) is 0.818. The summed E-state index contributed by atoms with van der Waals surface area (Å²) in [7, 11) is -1.83. The fourth-order valence-corrected chi connectivity index (χ4v) is 6.03. The quantitative estimate of drug-likeness (QED) is 0.669. The van der Waals surface area contributed by atoms with Gasteiger partial charge in [-0.1, -0.05) is 42.6 Å². The van der Waals surface area contributed by atoms with Gasteiger partial charge in [-0.05, 0) is 54.3 Å². The highest BCUT2D eigenvalue weighted by atomic mass is 35.5. The van der Waals surface area contributed by atoms with Crippen molar-refractivity contribution in [2.45, 2.75) is 43.2 Å². The summed E-state index contributed by atoms with van der Waals surface area (Å²) in [6.07, 6.45) is 6.41. The molecule has 0 aromatic heterocycles. The first-order valence-corrected chi connectivity index (χ1v) is 11.5. The maximum absolute atomic E-state index is 13.1. The molecule has 4 rings (SSSR count). The number of fused-ring (bicyclic) bond motifs is 1. The Morgan fingerprint density at radius 3 is 2.64 bits per heavy atom. The topological polar surface area (TPSA) is 46.6 Å². The summed E-state index contributed by atoms with van der Waals surface area (Å²) in [5.41, 5.74) is 1.86. The van der Waals surface area contributed by atoms with Gasteiger partial charge in [-0.2, -0.15) is 0 Å². The number of sulfone groups is 1. The summed E-state index contributed by atoms with van der Waals surface area (Å²) < 4.78 is 31.5. The summed E-state index contributed by atoms with van der Waals surface area (Å²) in [4.78, 5) is 3.08. The van der Waals surface area contributed by atoms with Crippen molar-refractivity contribution in [2.75, 3.05) is 13.7 Å². The van der Waals surface area contributed by atoms with Crippen LogP contribution in [0.15, 0.2) is 52.3 Å². The minimum atomic E-state index is -3.49. The van der Waals surface area contributed by atoms with Crippen molar-refractivity contribution >= 4 is 27.5 Å². The molecule has 1 aliphatic carbocycles. The summed E-state index contributed by atoms with van der Waals surface area (Å²) in [6.45, 7) is 1.11. The van der Waals surface area contributed by atoms with Crippen LogP contribution in [0.4, 0.5) is 0 Å². The van der Waals surface area contributed by atoms with Crippen LogP contribution < -0.4 is 4.74 Å². The van der Waals surface area contributed by atoms with Crippen LogP contribution in [-0.4, -0.2) is 33.0 Å². The number of halogens is 1. The van der Waals surface area contributed by atoms with Gasteiger partial charge in [-0.15, -0.1) is 0 Å². The summed E-state index contributed by atoms with van der Waals surface area (Å²) in [6, 6.07) is 13.5. The molecule has 4 nitrogen and oxygen atoms in total. The predicted molar refractivity (Wildman–Crippen MR) is 112 cm³/mol. The molecule has 28 heavy (non-hydrogen) atoms. The van der Waals surface area contributed by atoms with Gasteiger partial charge < -0.3 is 4.74 Å². The van der Waals surface area contributed by atoms with Gasteiger partial charge in [0, 0.05) is 24.2 Å². The highest BCUT2D eigenvalue weighted by molar-refractivity contribution is 7.95. The molecule has 0 radical (unpaired) electrons. The van der Waals surface area contributed by atoms with E-state index >= 15 is 0 Å². The molecule has 1 aliphatic heterocycles. The zero-order valence-electron chi connectivity index (χ0n) is 15.9. The Hall–Kier alpha value is -1.82. The number of hydrogen-bond donors (Lipinski definition) is 0. The lowest BCUT2D eigenvalue weighted by molar-refractivity contribution is 0.209. The van der Waals surface area contributed by atoms with Crippen LogP contribution in [0.3, 0.4) is 0 Å². The lowest BCUT2D eigenvalue weighted by Crippen LogP contribution is -2.35. The van der Waals surface area contributed by atoms with E-state index in [-0.39, 0.29) is 0 Å². The Morgan fingerprint density at radius 2 is 1.89 bits per heavy atom. The highest BCUT2D eigenvalue weighted by Gasteiger charge is 2.33. The zero-order valence-corrected chi connectivity index (χ0v) is 17.5. The lowest BCUT2D eigenvalue weighted by Gasteiger charge is -2.29. The Bertz CT molecular complexity index is 1010. The minimum Gasteiger partial charge on any atom is -0.497 e. The minimum absolute atomic E-state index is 0.322. The van der Waals surface area contributed by atoms with Gasteiger partial charge in [-0.3, -0.25) is 4.90 Å². The molecule has 148 valence electrons. The van der Waals surface area contributed by atoms with Gasteiger partial charge in [0.25, 0.3) is 0 Å². The number of rotatable bonds is 6. The van der Waals surface area contributed by atoms with Crippen molar-refractivity contribution in [2.24, 2.45) is 0 Å². The number of benzene rings is 2. The maximum atomic E-state index is 13.1. The maximum Gasteiger partial charge on any atom is 0.204 e. The first kappa shape index (κ1) is 19.5. The second-order valence-electron chi connectivity index (χ2n) is 7.49. The van der Waals surface area contributed by atoms with Crippen molar-refractivity contribution in [1.29, 1.82) is 0 Å². The second-order valence-corrected chi connectivity index (χ2v) is 9.90. The molecule has 0 unspecified atom stereocenters. The van der Waals surface area contributed by atoms with E-state index in [0.717, 1.165) is 29.7 Å². The van der Waals surface area contributed by atoms with Crippen molar-refractivity contribution in [3.05, 3.63) is 63.5 Å². The van der Waals surface area contributed by atoms with Crippen LogP contribution in [0.2, 0.25) is 5.02 Å². The van der Waals surface area contributed by atoms with Gasteiger partial charge in [0.2, 0.25) is 9.84 Å². The molecule has 2 aromatic carbocycles. The summed E-state index contributed by atoms with van der Waals surface area (Å²) in [5, 5.41) is 0.445. The molecule has 0 atom stereocenters. The van der Waals surface area contributed by atoms with E-state index in [9.17, 15) is 8.42 Å². The van der Waals surface area contributed by atoms with Gasteiger partial charge in [0.1, 0.15) is 5.75 Å². The molecular weight excluding hydrogens is 394 g/mol. The molecule has 1 fully saturated rings. The molecule has 6 heteroatoms. The van der Waals surface area contributed by atoms with E-state index in [1.165, 1.54) is 12.8 Å². The van der Waals surface area contributed by atoms with E-state index in [1.807, 2.05) is 18.2 Å². The first-order valence-electron chi connectivity index (χ1n) is 9.59. The molecule has 1 saturated carbocycles. The van der Waals surface area contributed by atoms with Gasteiger partial charge in [0.05, 0.1) is 16.9 Å². The molecule has 2 aliphatic rings. The smallest absolute Gasteiger partial charge is 0.204 e. The molecule has 1 heterocycles. The number of nitrogens with zero attached hydrogens (tertiary/aromatic N) is 1. The van der Waals surface area contributed by atoms with E-state index in [2.05, 4.69) is 11.0 Å². The van der Waals surface area contributed by atoms with Crippen molar-refractivity contribution < 1.29 is 13.2 Å².